The number of hydrogen-bond acceptors (Lipinski definition) is 3. The summed E-state index contributed by atoms with van der Waals surface area (Å²) in [5.41, 5.74) is 0.594. The molecule has 0 aromatic rings. The van der Waals surface area contributed by atoms with Crippen LogP contribution >= 0.6 is 0 Å². The van der Waals surface area contributed by atoms with Gasteiger partial charge in [0.05, 0.1) is 0 Å². The van der Waals surface area contributed by atoms with E-state index in [-0.39, 0.29) is 0 Å². The maximum Gasteiger partial charge on any atom is 0.117 e. The first-order chi connectivity index (χ1) is 4.43. The fraction of sp³-hybridized carbons (Fsp3) is 0.167. The number of nitriles is 1. The van der Waals surface area contributed by atoms with Crippen LogP contribution in [-0.2, 0) is 0 Å². The molecular weight excluding hydrogens is 114 g/mol. The standard InChI is InChI=1S/C6H7N3/c7-5-6-1-2-8-3-4-9-6/h1,3-4,8-9H,2H2. The van der Waals surface area contributed by atoms with Crippen LogP contribution in [0.4, 0.5) is 0 Å². The van der Waals surface area contributed by atoms with Crippen molar-refractivity contribution in [2.75, 3.05) is 6.54 Å². The molecule has 1 aliphatic heterocycles. The first-order valence-corrected chi connectivity index (χ1v) is 2.68. The summed E-state index contributed by atoms with van der Waals surface area (Å²) in [6.45, 7) is 0.715. The number of allylic oxidation sites excluding steroid dienone is 1. The van der Waals surface area contributed by atoms with Gasteiger partial charge in [-0.2, -0.15) is 5.26 Å². The van der Waals surface area contributed by atoms with E-state index in [1.165, 1.54) is 0 Å². The Kier molecular flexibility index (Phi) is 1.76. The summed E-state index contributed by atoms with van der Waals surface area (Å²) in [6.07, 6.45) is 5.25. The molecule has 0 unspecified atom stereocenters. The maximum atomic E-state index is 8.37. The smallest absolute Gasteiger partial charge is 0.117 e. The van der Waals surface area contributed by atoms with Gasteiger partial charge in [0.15, 0.2) is 0 Å². The second kappa shape index (κ2) is 2.78. The van der Waals surface area contributed by atoms with Crippen molar-refractivity contribution in [3.63, 3.8) is 0 Å². The van der Waals surface area contributed by atoms with Gasteiger partial charge < -0.3 is 10.6 Å². The highest BCUT2D eigenvalue weighted by Crippen LogP contribution is 1.87. The zero-order valence-electron chi connectivity index (χ0n) is 4.89. The molecule has 0 atom stereocenters. The Morgan fingerprint density at radius 1 is 1.56 bits per heavy atom. The third kappa shape index (κ3) is 1.50. The zero-order valence-corrected chi connectivity index (χ0v) is 4.89. The van der Waals surface area contributed by atoms with Gasteiger partial charge in [0, 0.05) is 18.9 Å². The van der Waals surface area contributed by atoms with Gasteiger partial charge in [0.1, 0.15) is 11.8 Å². The van der Waals surface area contributed by atoms with Gasteiger partial charge >= 0.3 is 0 Å². The summed E-state index contributed by atoms with van der Waals surface area (Å²) in [7, 11) is 0. The van der Waals surface area contributed by atoms with Crippen molar-refractivity contribution in [3.8, 4) is 6.07 Å². The van der Waals surface area contributed by atoms with Gasteiger partial charge in [0.2, 0.25) is 0 Å². The predicted octanol–water partition coefficient (Wildman–Crippen LogP) is 0.0579. The van der Waals surface area contributed by atoms with Crippen LogP contribution in [0, 0.1) is 11.3 Å². The summed E-state index contributed by atoms with van der Waals surface area (Å²) in [5, 5.41) is 14.1. The molecular formula is C6H7N3. The highest BCUT2D eigenvalue weighted by molar-refractivity contribution is 5.22. The molecule has 0 saturated heterocycles. The average Bonchev–Trinajstić information content (AvgIpc) is 2.13. The summed E-state index contributed by atoms with van der Waals surface area (Å²) >= 11 is 0. The van der Waals surface area contributed by atoms with Crippen molar-refractivity contribution in [1.82, 2.24) is 10.6 Å². The third-order valence-electron chi connectivity index (χ3n) is 0.985. The molecule has 1 heterocycles. The molecule has 0 radical (unpaired) electrons. The Bertz CT molecular complexity index is 185. The zero-order chi connectivity index (χ0) is 6.53. The number of nitrogens with one attached hydrogen (secondary N) is 2. The van der Waals surface area contributed by atoms with Crippen molar-refractivity contribution in [3.05, 3.63) is 24.2 Å². The van der Waals surface area contributed by atoms with Crippen molar-refractivity contribution >= 4 is 0 Å². The molecule has 46 valence electrons. The Morgan fingerprint density at radius 2 is 2.44 bits per heavy atom. The highest BCUT2D eigenvalue weighted by atomic mass is 14.9. The monoisotopic (exact) mass is 121 g/mol. The van der Waals surface area contributed by atoms with Crippen LogP contribution < -0.4 is 10.6 Å². The van der Waals surface area contributed by atoms with E-state index in [1.807, 2.05) is 6.07 Å². The van der Waals surface area contributed by atoms with E-state index in [0.29, 0.717) is 12.2 Å². The van der Waals surface area contributed by atoms with Crippen LogP contribution in [0.25, 0.3) is 0 Å². The van der Waals surface area contributed by atoms with E-state index in [9.17, 15) is 0 Å². The average molecular weight is 121 g/mol. The molecule has 3 heteroatoms. The summed E-state index contributed by atoms with van der Waals surface area (Å²) in [6, 6.07) is 2.00. The molecule has 0 saturated carbocycles. The molecule has 0 aromatic carbocycles. The number of rotatable bonds is 0. The molecule has 3 nitrogen and oxygen atoms in total. The first-order valence-electron chi connectivity index (χ1n) is 2.68. The topological polar surface area (TPSA) is 47.9 Å². The highest BCUT2D eigenvalue weighted by Gasteiger charge is 1.90. The Labute approximate surface area is 53.7 Å². The van der Waals surface area contributed by atoms with E-state index in [0.717, 1.165) is 0 Å². The lowest BCUT2D eigenvalue weighted by Gasteiger charge is -1.89. The lowest BCUT2D eigenvalue weighted by Crippen LogP contribution is -2.01. The summed E-state index contributed by atoms with van der Waals surface area (Å²) in [5.74, 6) is 0. The minimum absolute atomic E-state index is 0.594. The van der Waals surface area contributed by atoms with E-state index < -0.39 is 0 Å². The third-order valence-corrected chi connectivity index (χ3v) is 0.985. The van der Waals surface area contributed by atoms with Crippen LogP contribution in [0.15, 0.2) is 24.2 Å². The van der Waals surface area contributed by atoms with Crippen molar-refractivity contribution in [2.24, 2.45) is 0 Å². The molecule has 0 aromatic heterocycles. The van der Waals surface area contributed by atoms with E-state index in [2.05, 4.69) is 10.6 Å². The van der Waals surface area contributed by atoms with Gasteiger partial charge in [-0.1, -0.05) is 0 Å². The van der Waals surface area contributed by atoms with Crippen molar-refractivity contribution < 1.29 is 0 Å². The summed E-state index contributed by atoms with van der Waals surface area (Å²) in [4.78, 5) is 0. The molecule has 0 amide bonds. The normalized spacial score (nSPS) is 16.1. The van der Waals surface area contributed by atoms with Gasteiger partial charge in [-0.25, -0.2) is 0 Å². The van der Waals surface area contributed by atoms with Crippen molar-refractivity contribution in [2.45, 2.75) is 0 Å². The minimum Gasteiger partial charge on any atom is -0.386 e. The molecule has 9 heavy (non-hydrogen) atoms. The summed E-state index contributed by atoms with van der Waals surface area (Å²) < 4.78 is 0. The molecule has 2 N–H and O–H groups in total. The molecule has 0 aliphatic carbocycles. The molecule has 1 rings (SSSR count). The quantitative estimate of drug-likeness (QED) is 0.476. The second-order valence-corrected chi connectivity index (χ2v) is 1.62. The Morgan fingerprint density at radius 3 is 3.22 bits per heavy atom. The second-order valence-electron chi connectivity index (χ2n) is 1.62. The van der Waals surface area contributed by atoms with Crippen LogP contribution in [0.3, 0.4) is 0 Å². The molecule has 0 fully saturated rings. The van der Waals surface area contributed by atoms with Crippen molar-refractivity contribution in [1.29, 1.82) is 5.26 Å². The van der Waals surface area contributed by atoms with Crippen LogP contribution in [0.2, 0.25) is 0 Å². The first kappa shape index (κ1) is 5.70. The molecule has 1 aliphatic rings. The fourth-order valence-electron chi connectivity index (χ4n) is 0.556. The molecule has 0 spiro atoms. The number of nitrogens with zero attached hydrogens (tertiary/aromatic N) is 1. The molecule has 0 bridgehead atoms. The minimum atomic E-state index is 0.594. The van der Waals surface area contributed by atoms with Crippen LogP contribution in [-0.4, -0.2) is 6.54 Å². The Hall–Kier alpha value is -1.43. The SMILES string of the molecule is N#CC1=CCNC=CN1. The maximum absolute atomic E-state index is 8.37. The van der Waals surface area contributed by atoms with Gasteiger partial charge in [0.25, 0.3) is 0 Å². The van der Waals surface area contributed by atoms with Crippen LogP contribution in [0.1, 0.15) is 0 Å². The van der Waals surface area contributed by atoms with Gasteiger partial charge in [-0.15, -0.1) is 0 Å². The Balaban J connectivity index is 2.62. The predicted molar refractivity (Wildman–Crippen MR) is 34.0 cm³/mol. The van der Waals surface area contributed by atoms with Crippen LogP contribution in [0.5, 0.6) is 0 Å². The number of hydrogen-bond donors (Lipinski definition) is 2. The van der Waals surface area contributed by atoms with E-state index >= 15 is 0 Å². The van der Waals surface area contributed by atoms with Gasteiger partial charge in [-0.05, 0) is 6.08 Å². The lowest BCUT2D eigenvalue weighted by atomic mass is 10.4. The largest absolute Gasteiger partial charge is 0.386 e. The van der Waals surface area contributed by atoms with E-state index in [4.69, 9.17) is 5.26 Å². The van der Waals surface area contributed by atoms with E-state index in [1.54, 1.807) is 18.5 Å². The lowest BCUT2D eigenvalue weighted by molar-refractivity contribution is 0.990. The fourth-order valence-corrected chi connectivity index (χ4v) is 0.556. The van der Waals surface area contributed by atoms with Gasteiger partial charge in [-0.3, -0.25) is 0 Å².